The van der Waals surface area contributed by atoms with Crippen LogP contribution in [-0.2, 0) is 7.05 Å². The van der Waals surface area contributed by atoms with Crippen LogP contribution in [0.4, 0.5) is 0 Å². The van der Waals surface area contributed by atoms with E-state index in [2.05, 4.69) is 5.10 Å². The van der Waals surface area contributed by atoms with Crippen molar-refractivity contribution in [2.24, 2.45) is 7.05 Å². The van der Waals surface area contributed by atoms with Gasteiger partial charge in [0.15, 0.2) is 5.78 Å². The van der Waals surface area contributed by atoms with Crippen LogP contribution in [-0.4, -0.2) is 20.7 Å². The van der Waals surface area contributed by atoms with Crippen molar-refractivity contribution < 1.29 is 14.3 Å². The van der Waals surface area contributed by atoms with Crippen LogP contribution in [0.1, 0.15) is 15.9 Å². The summed E-state index contributed by atoms with van der Waals surface area (Å²) < 4.78 is 6.68. The van der Waals surface area contributed by atoms with E-state index in [0.717, 1.165) is 5.56 Å². The fourth-order valence-electron chi connectivity index (χ4n) is 2.06. The molecule has 0 saturated carbocycles. The molecule has 1 aromatic carbocycles. The highest BCUT2D eigenvalue weighted by Gasteiger charge is 2.11. The minimum absolute atomic E-state index is 0.00815. The van der Waals surface area contributed by atoms with Crippen LogP contribution in [0.2, 0.25) is 0 Å². The van der Waals surface area contributed by atoms with Crippen molar-refractivity contribution in [3.63, 3.8) is 0 Å². The summed E-state index contributed by atoms with van der Waals surface area (Å²) in [7, 11) is 1.77. The number of fused-ring (bicyclic) bond motifs is 1. The molecule has 0 spiro atoms. The molecule has 0 atom stereocenters. The normalized spacial score (nSPS) is 11.3. The molecule has 3 rings (SSSR count). The topological polar surface area (TPSA) is 85.3 Å². The van der Waals surface area contributed by atoms with Gasteiger partial charge in [0.2, 0.25) is 0 Å². The zero-order valence-electron chi connectivity index (χ0n) is 11.7. The van der Waals surface area contributed by atoms with Crippen molar-refractivity contribution in [1.82, 2.24) is 9.78 Å². The number of carbonyl (C=O) groups is 1. The summed E-state index contributed by atoms with van der Waals surface area (Å²) in [6.07, 6.45) is 6.23. The molecule has 0 saturated heterocycles. The molecule has 1 N–H and O–H groups in total. The van der Waals surface area contributed by atoms with Gasteiger partial charge in [0.25, 0.3) is 0 Å². The second-order valence-corrected chi connectivity index (χ2v) is 4.81. The molecule has 0 aliphatic carbocycles. The molecule has 6 nitrogen and oxygen atoms in total. The Bertz CT molecular complexity index is 950. The maximum atomic E-state index is 12.1. The summed E-state index contributed by atoms with van der Waals surface area (Å²) in [6, 6.07) is 5.82. The highest BCUT2D eigenvalue weighted by Crippen LogP contribution is 2.19. The van der Waals surface area contributed by atoms with E-state index in [1.165, 1.54) is 24.3 Å². The zero-order valence-corrected chi connectivity index (χ0v) is 11.7. The van der Waals surface area contributed by atoms with Crippen molar-refractivity contribution >= 4 is 22.8 Å². The van der Waals surface area contributed by atoms with Crippen LogP contribution < -0.4 is 5.63 Å². The molecule has 0 amide bonds. The van der Waals surface area contributed by atoms with Crippen LogP contribution in [0, 0.1) is 0 Å². The largest absolute Gasteiger partial charge is 0.508 e. The summed E-state index contributed by atoms with van der Waals surface area (Å²) in [6.45, 7) is 0. The van der Waals surface area contributed by atoms with E-state index in [1.807, 2.05) is 0 Å². The number of aromatic hydroxyl groups is 1. The Kier molecular flexibility index (Phi) is 3.34. The van der Waals surface area contributed by atoms with Crippen molar-refractivity contribution in [2.75, 3.05) is 0 Å². The molecular weight excluding hydrogens is 284 g/mol. The molecule has 0 fully saturated rings. The molecule has 2 heterocycles. The first-order valence-electron chi connectivity index (χ1n) is 6.51. The molecule has 0 aliphatic heterocycles. The van der Waals surface area contributed by atoms with Gasteiger partial charge in [-0.05, 0) is 30.4 Å². The molecule has 0 bridgehead atoms. The second kappa shape index (κ2) is 5.33. The smallest absolute Gasteiger partial charge is 0.347 e. The van der Waals surface area contributed by atoms with Gasteiger partial charge < -0.3 is 9.52 Å². The lowest BCUT2D eigenvalue weighted by molar-refractivity contribution is 0.104. The quantitative estimate of drug-likeness (QED) is 0.454. The standard InChI is InChI=1S/C16H12N2O4/c1-18-9-10(8-17-18)2-5-14(20)13-6-11-3-4-12(19)7-15(11)22-16(13)21/h2-9,19H,1H3. The Hall–Kier alpha value is -3.15. The van der Waals surface area contributed by atoms with Crippen molar-refractivity contribution in [3.8, 4) is 5.75 Å². The summed E-state index contributed by atoms with van der Waals surface area (Å²) in [5.41, 5.74) is 0.195. The molecule has 110 valence electrons. The van der Waals surface area contributed by atoms with Crippen LogP contribution in [0.3, 0.4) is 0 Å². The number of allylic oxidation sites excluding steroid dienone is 1. The fraction of sp³-hybridized carbons (Fsp3) is 0.0625. The Morgan fingerprint density at radius 2 is 2.18 bits per heavy atom. The van der Waals surface area contributed by atoms with Gasteiger partial charge in [0.1, 0.15) is 16.9 Å². The van der Waals surface area contributed by atoms with Gasteiger partial charge in [-0.3, -0.25) is 9.48 Å². The number of carbonyl (C=O) groups excluding carboxylic acids is 1. The summed E-state index contributed by atoms with van der Waals surface area (Å²) in [5.74, 6) is -0.459. The minimum Gasteiger partial charge on any atom is -0.508 e. The monoisotopic (exact) mass is 296 g/mol. The van der Waals surface area contributed by atoms with E-state index in [9.17, 15) is 14.7 Å². The third kappa shape index (κ3) is 2.67. The first-order chi connectivity index (χ1) is 10.5. The van der Waals surface area contributed by atoms with Crippen molar-refractivity contribution in [1.29, 1.82) is 0 Å². The predicted molar refractivity (Wildman–Crippen MR) is 80.7 cm³/mol. The second-order valence-electron chi connectivity index (χ2n) is 4.81. The maximum absolute atomic E-state index is 12.1. The number of aryl methyl sites for hydroxylation is 1. The number of phenols is 1. The molecule has 2 aromatic heterocycles. The van der Waals surface area contributed by atoms with Gasteiger partial charge >= 0.3 is 5.63 Å². The molecule has 22 heavy (non-hydrogen) atoms. The lowest BCUT2D eigenvalue weighted by atomic mass is 10.1. The van der Waals surface area contributed by atoms with Crippen LogP contribution in [0.15, 0.2) is 51.9 Å². The lowest BCUT2D eigenvalue weighted by Crippen LogP contribution is -2.11. The maximum Gasteiger partial charge on any atom is 0.347 e. The average Bonchev–Trinajstić information content (AvgIpc) is 2.89. The number of benzene rings is 1. The number of aromatic nitrogens is 2. The highest BCUT2D eigenvalue weighted by molar-refractivity contribution is 6.07. The van der Waals surface area contributed by atoms with Crippen LogP contribution in [0.25, 0.3) is 17.0 Å². The van der Waals surface area contributed by atoms with Gasteiger partial charge in [0.05, 0.1) is 6.20 Å². The number of nitrogens with zero attached hydrogens (tertiary/aromatic N) is 2. The number of phenolic OH excluding ortho intramolecular Hbond substituents is 1. The third-order valence-electron chi connectivity index (χ3n) is 3.14. The number of hydrogen-bond donors (Lipinski definition) is 1. The summed E-state index contributed by atoms with van der Waals surface area (Å²) in [4.78, 5) is 24.0. The van der Waals surface area contributed by atoms with Crippen molar-refractivity contribution in [3.05, 3.63) is 64.3 Å². The van der Waals surface area contributed by atoms with Gasteiger partial charge in [-0.2, -0.15) is 5.10 Å². The molecular formula is C16H12N2O4. The van der Waals surface area contributed by atoms with E-state index >= 15 is 0 Å². The van der Waals surface area contributed by atoms with Gasteiger partial charge in [-0.25, -0.2) is 4.79 Å². The van der Waals surface area contributed by atoms with E-state index in [4.69, 9.17) is 4.42 Å². The van der Waals surface area contributed by atoms with E-state index in [1.54, 1.807) is 36.3 Å². The molecule has 0 radical (unpaired) electrons. The Labute approximate surface area is 124 Å². The molecule has 6 heteroatoms. The highest BCUT2D eigenvalue weighted by atomic mass is 16.4. The van der Waals surface area contributed by atoms with Gasteiger partial charge in [-0.15, -0.1) is 0 Å². The Morgan fingerprint density at radius 1 is 1.36 bits per heavy atom. The lowest BCUT2D eigenvalue weighted by Gasteiger charge is -1.99. The Balaban J connectivity index is 1.97. The Morgan fingerprint density at radius 3 is 2.91 bits per heavy atom. The third-order valence-corrected chi connectivity index (χ3v) is 3.14. The molecule has 0 unspecified atom stereocenters. The van der Waals surface area contributed by atoms with E-state index in [-0.39, 0.29) is 16.9 Å². The first-order valence-corrected chi connectivity index (χ1v) is 6.51. The van der Waals surface area contributed by atoms with Gasteiger partial charge in [0, 0.05) is 30.3 Å². The van der Waals surface area contributed by atoms with Crippen LogP contribution >= 0.6 is 0 Å². The first kappa shape index (κ1) is 13.8. The van der Waals surface area contributed by atoms with Crippen molar-refractivity contribution in [2.45, 2.75) is 0 Å². The summed E-state index contributed by atoms with van der Waals surface area (Å²) >= 11 is 0. The summed E-state index contributed by atoms with van der Waals surface area (Å²) in [5, 5.41) is 13.9. The van der Waals surface area contributed by atoms with E-state index in [0.29, 0.717) is 5.39 Å². The number of rotatable bonds is 3. The van der Waals surface area contributed by atoms with Gasteiger partial charge in [-0.1, -0.05) is 0 Å². The molecule has 0 aliphatic rings. The van der Waals surface area contributed by atoms with Crippen LogP contribution in [0.5, 0.6) is 5.75 Å². The SMILES string of the molecule is Cn1cc(C=CC(=O)c2cc3ccc(O)cc3oc2=O)cn1. The zero-order chi connectivity index (χ0) is 15.7. The fourth-order valence-corrected chi connectivity index (χ4v) is 2.06. The average molecular weight is 296 g/mol. The van der Waals surface area contributed by atoms with E-state index < -0.39 is 11.4 Å². The number of ketones is 1. The predicted octanol–water partition coefficient (Wildman–Crippen LogP) is 2.13. The molecule has 3 aromatic rings. The number of hydrogen-bond acceptors (Lipinski definition) is 5. The minimum atomic E-state index is -0.737.